The Kier molecular flexibility index (Phi) is 5.75. The number of methoxy groups -OCH3 is 1. The molecular weight excluding hydrogens is 342 g/mol. The van der Waals surface area contributed by atoms with Gasteiger partial charge in [-0.1, -0.05) is 19.9 Å². The topological polar surface area (TPSA) is 102 Å². The molecule has 1 aliphatic heterocycles. The van der Waals surface area contributed by atoms with Crippen LogP contribution in [0.3, 0.4) is 0 Å². The fraction of sp³-hybridized carbons (Fsp3) is 0.588. The monoisotopic (exact) mass is 369 g/mol. The highest BCUT2D eigenvalue weighted by Gasteiger charge is 2.39. The number of carbonyl (C=O) groups excluding carboxylic acids is 1. The van der Waals surface area contributed by atoms with Crippen molar-refractivity contribution >= 4 is 15.9 Å². The molecule has 1 heterocycles. The fourth-order valence-electron chi connectivity index (χ4n) is 2.93. The van der Waals surface area contributed by atoms with E-state index in [1.165, 1.54) is 18.3 Å². The van der Waals surface area contributed by atoms with Crippen molar-refractivity contribution < 1.29 is 17.9 Å². The average molecular weight is 369 g/mol. The molecule has 1 atom stereocenters. The SMILES string of the molecule is COc1ccc(CNC(C)=O)cc1S(=O)(=O)N1CCC(N)C(C)(C)C1. The molecule has 1 amide bonds. The van der Waals surface area contributed by atoms with Crippen LogP contribution < -0.4 is 15.8 Å². The Morgan fingerprint density at radius 2 is 2.12 bits per heavy atom. The van der Waals surface area contributed by atoms with E-state index in [9.17, 15) is 13.2 Å². The largest absolute Gasteiger partial charge is 0.495 e. The molecule has 140 valence electrons. The number of nitrogens with zero attached hydrogens (tertiary/aromatic N) is 1. The molecule has 1 aromatic rings. The predicted octanol–water partition coefficient (Wildman–Crippen LogP) is 1.08. The zero-order valence-corrected chi connectivity index (χ0v) is 16.0. The van der Waals surface area contributed by atoms with Crippen molar-refractivity contribution in [2.75, 3.05) is 20.2 Å². The second-order valence-corrected chi connectivity index (χ2v) is 9.02. The van der Waals surface area contributed by atoms with Crippen LogP contribution in [0.2, 0.25) is 0 Å². The number of nitrogens with one attached hydrogen (secondary N) is 1. The van der Waals surface area contributed by atoms with Crippen LogP contribution in [0.1, 0.15) is 32.8 Å². The number of sulfonamides is 1. The molecule has 0 aromatic heterocycles. The van der Waals surface area contributed by atoms with Crippen molar-refractivity contribution in [3.8, 4) is 5.75 Å². The first-order valence-corrected chi connectivity index (χ1v) is 9.69. The summed E-state index contributed by atoms with van der Waals surface area (Å²) < 4.78 is 33.1. The summed E-state index contributed by atoms with van der Waals surface area (Å²) in [6, 6.07) is 4.88. The standard InChI is InChI=1S/C17H27N3O4S/c1-12(21)19-10-13-5-6-14(24-4)15(9-13)25(22,23)20-8-7-16(18)17(2,3)11-20/h5-6,9,16H,7-8,10-11,18H2,1-4H3,(H,19,21). The number of nitrogens with two attached hydrogens (primary N) is 1. The number of rotatable bonds is 5. The van der Waals surface area contributed by atoms with Crippen LogP contribution in [0.5, 0.6) is 5.75 Å². The number of hydrogen-bond acceptors (Lipinski definition) is 5. The van der Waals surface area contributed by atoms with Gasteiger partial charge in [-0.05, 0) is 29.5 Å². The summed E-state index contributed by atoms with van der Waals surface area (Å²) in [5, 5.41) is 2.67. The lowest BCUT2D eigenvalue weighted by atomic mass is 9.81. The van der Waals surface area contributed by atoms with Crippen LogP contribution in [-0.4, -0.2) is 44.9 Å². The number of ether oxygens (including phenoxy) is 1. The second kappa shape index (κ2) is 7.31. The zero-order chi connectivity index (χ0) is 18.8. The highest BCUT2D eigenvalue weighted by Crippen LogP contribution is 2.34. The smallest absolute Gasteiger partial charge is 0.246 e. The van der Waals surface area contributed by atoms with Crippen molar-refractivity contribution in [1.29, 1.82) is 0 Å². The molecule has 1 fully saturated rings. The second-order valence-electron chi connectivity index (χ2n) is 7.12. The summed E-state index contributed by atoms with van der Waals surface area (Å²) in [6.07, 6.45) is 0.611. The average Bonchev–Trinajstić information content (AvgIpc) is 2.54. The predicted molar refractivity (Wildman–Crippen MR) is 95.6 cm³/mol. The van der Waals surface area contributed by atoms with Gasteiger partial charge in [0, 0.05) is 32.6 Å². The van der Waals surface area contributed by atoms with Gasteiger partial charge >= 0.3 is 0 Å². The maximum absolute atomic E-state index is 13.2. The summed E-state index contributed by atoms with van der Waals surface area (Å²) in [4.78, 5) is 11.2. The Labute approximate surface area is 149 Å². The highest BCUT2D eigenvalue weighted by atomic mass is 32.2. The lowest BCUT2D eigenvalue weighted by Gasteiger charge is -2.41. The van der Waals surface area contributed by atoms with Gasteiger partial charge in [-0.2, -0.15) is 4.31 Å². The Balaban J connectivity index is 2.37. The lowest BCUT2D eigenvalue weighted by Crippen LogP contribution is -2.53. The lowest BCUT2D eigenvalue weighted by molar-refractivity contribution is -0.119. The number of piperidine rings is 1. The Hall–Kier alpha value is -1.64. The van der Waals surface area contributed by atoms with Gasteiger partial charge < -0.3 is 15.8 Å². The Morgan fingerprint density at radius 1 is 1.44 bits per heavy atom. The van der Waals surface area contributed by atoms with Gasteiger partial charge in [0.2, 0.25) is 15.9 Å². The van der Waals surface area contributed by atoms with Crippen LogP contribution in [0.15, 0.2) is 23.1 Å². The third-order valence-electron chi connectivity index (χ3n) is 4.66. The number of amides is 1. The minimum Gasteiger partial charge on any atom is -0.495 e. The van der Waals surface area contributed by atoms with Crippen LogP contribution >= 0.6 is 0 Å². The molecule has 0 spiro atoms. The number of carbonyl (C=O) groups is 1. The molecule has 8 heteroatoms. The third-order valence-corrected chi connectivity index (χ3v) is 6.53. The first-order chi connectivity index (χ1) is 11.6. The summed E-state index contributed by atoms with van der Waals surface area (Å²) in [7, 11) is -2.28. The number of benzene rings is 1. The van der Waals surface area contributed by atoms with E-state index in [2.05, 4.69) is 5.32 Å². The molecule has 0 radical (unpaired) electrons. The maximum atomic E-state index is 13.2. The Morgan fingerprint density at radius 3 is 2.68 bits per heavy atom. The minimum absolute atomic E-state index is 0.0352. The van der Waals surface area contributed by atoms with Gasteiger partial charge in [-0.3, -0.25) is 4.79 Å². The van der Waals surface area contributed by atoms with Crippen LogP contribution in [0.25, 0.3) is 0 Å². The van der Waals surface area contributed by atoms with Crippen molar-refractivity contribution in [2.24, 2.45) is 11.1 Å². The number of hydrogen-bond donors (Lipinski definition) is 2. The molecule has 1 aromatic carbocycles. The molecule has 3 N–H and O–H groups in total. The molecule has 0 bridgehead atoms. The van der Waals surface area contributed by atoms with E-state index < -0.39 is 10.0 Å². The minimum atomic E-state index is -3.72. The summed E-state index contributed by atoms with van der Waals surface area (Å²) >= 11 is 0. The van der Waals surface area contributed by atoms with Gasteiger partial charge in [-0.25, -0.2) is 8.42 Å². The van der Waals surface area contributed by atoms with Crippen LogP contribution in [-0.2, 0) is 21.4 Å². The molecule has 25 heavy (non-hydrogen) atoms. The summed E-state index contributed by atoms with van der Waals surface area (Å²) in [5.41, 5.74) is 6.52. The quantitative estimate of drug-likeness (QED) is 0.809. The van der Waals surface area contributed by atoms with E-state index in [0.717, 1.165) is 0 Å². The normalized spacial score (nSPS) is 20.9. The van der Waals surface area contributed by atoms with Gasteiger partial charge in [0.05, 0.1) is 7.11 Å². The van der Waals surface area contributed by atoms with E-state index in [4.69, 9.17) is 10.5 Å². The fourth-order valence-corrected chi connectivity index (χ4v) is 4.76. The molecule has 0 saturated carbocycles. The maximum Gasteiger partial charge on any atom is 0.246 e. The molecule has 1 unspecified atom stereocenters. The van der Waals surface area contributed by atoms with E-state index in [0.29, 0.717) is 30.8 Å². The summed E-state index contributed by atoms with van der Waals surface area (Å²) in [5.74, 6) is 0.117. The van der Waals surface area contributed by atoms with Crippen molar-refractivity contribution in [3.63, 3.8) is 0 Å². The molecule has 1 saturated heterocycles. The van der Waals surface area contributed by atoms with Crippen molar-refractivity contribution in [3.05, 3.63) is 23.8 Å². The van der Waals surface area contributed by atoms with E-state index in [1.54, 1.807) is 18.2 Å². The van der Waals surface area contributed by atoms with Crippen LogP contribution in [0.4, 0.5) is 0 Å². The van der Waals surface area contributed by atoms with Gasteiger partial charge in [-0.15, -0.1) is 0 Å². The van der Waals surface area contributed by atoms with E-state index >= 15 is 0 Å². The first kappa shape index (κ1) is 19.7. The van der Waals surface area contributed by atoms with Crippen molar-refractivity contribution in [2.45, 2.75) is 44.7 Å². The highest BCUT2D eigenvalue weighted by molar-refractivity contribution is 7.89. The van der Waals surface area contributed by atoms with E-state index in [1.807, 2.05) is 13.8 Å². The van der Waals surface area contributed by atoms with Crippen molar-refractivity contribution in [1.82, 2.24) is 9.62 Å². The zero-order valence-electron chi connectivity index (χ0n) is 15.2. The van der Waals surface area contributed by atoms with Gasteiger partial charge in [0.1, 0.15) is 10.6 Å². The van der Waals surface area contributed by atoms with Crippen LogP contribution in [0, 0.1) is 5.41 Å². The van der Waals surface area contributed by atoms with Gasteiger partial charge in [0.15, 0.2) is 0 Å². The van der Waals surface area contributed by atoms with E-state index in [-0.39, 0.29) is 28.8 Å². The molecule has 0 aliphatic carbocycles. The molecule has 7 nitrogen and oxygen atoms in total. The molecule has 2 rings (SSSR count). The third kappa shape index (κ3) is 4.31. The molecule has 1 aliphatic rings. The van der Waals surface area contributed by atoms with Gasteiger partial charge in [0.25, 0.3) is 0 Å². The molecular formula is C17H27N3O4S. The summed E-state index contributed by atoms with van der Waals surface area (Å²) in [6.45, 7) is 6.37. The Bertz CT molecular complexity index is 746. The first-order valence-electron chi connectivity index (χ1n) is 8.25.